The van der Waals surface area contributed by atoms with Crippen molar-refractivity contribution in [3.8, 4) is 0 Å². The first-order valence-electron chi connectivity index (χ1n) is 6.13. The topological polar surface area (TPSA) is 12.0 Å². The molecule has 1 saturated carbocycles. The second kappa shape index (κ2) is 5.83. The van der Waals surface area contributed by atoms with Crippen molar-refractivity contribution >= 4 is 11.8 Å². The summed E-state index contributed by atoms with van der Waals surface area (Å²) in [7, 11) is 0. The Morgan fingerprint density at radius 3 is 2.12 bits per heavy atom. The van der Waals surface area contributed by atoms with Crippen LogP contribution in [0.15, 0.2) is 0 Å². The van der Waals surface area contributed by atoms with Crippen molar-refractivity contribution in [2.24, 2.45) is 11.8 Å². The van der Waals surface area contributed by atoms with E-state index in [-0.39, 0.29) is 23.1 Å². The van der Waals surface area contributed by atoms with E-state index in [0.717, 1.165) is 19.4 Å². The molecular weight excluding hydrogens is 247 g/mol. The molecule has 102 valence electrons. The smallest absolute Gasteiger partial charge is 0.312 e. The molecule has 1 rings (SSSR count). The van der Waals surface area contributed by atoms with Crippen molar-refractivity contribution < 1.29 is 13.2 Å². The number of rotatable bonds is 5. The molecule has 1 fully saturated rings. The maximum Gasteiger partial charge on any atom is 0.441 e. The Balaban J connectivity index is 2.14. The average Bonchev–Trinajstić information content (AvgIpc) is 2.07. The zero-order valence-electron chi connectivity index (χ0n) is 10.7. The molecule has 1 nitrogen and oxygen atoms in total. The molecule has 1 N–H and O–H groups in total. The molecule has 17 heavy (non-hydrogen) atoms. The number of nitrogens with one attached hydrogen (secondary N) is 1. The van der Waals surface area contributed by atoms with Crippen LogP contribution in [-0.2, 0) is 0 Å². The van der Waals surface area contributed by atoms with Gasteiger partial charge in [-0.05, 0) is 58.4 Å². The molecule has 1 aliphatic rings. The number of alkyl halides is 3. The zero-order valence-corrected chi connectivity index (χ0v) is 11.5. The normalized spacial score (nSPS) is 25.8. The van der Waals surface area contributed by atoms with E-state index in [4.69, 9.17) is 0 Å². The summed E-state index contributed by atoms with van der Waals surface area (Å²) < 4.78 is 35.9. The molecule has 0 heterocycles. The SMILES string of the molecule is CC(C)(C)NCC1CCC1CCSC(F)(F)F. The first kappa shape index (κ1) is 15.2. The Bertz CT molecular complexity index is 235. The minimum absolute atomic E-state index is 0.0981. The molecular formula is C12H22F3NS. The largest absolute Gasteiger partial charge is 0.441 e. The van der Waals surface area contributed by atoms with Crippen LogP contribution in [0.1, 0.15) is 40.0 Å². The van der Waals surface area contributed by atoms with E-state index in [1.165, 1.54) is 0 Å². The van der Waals surface area contributed by atoms with Crippen molar-refractivity contribution in [2.75, 3.05) is 12.3 Å². The van der Waals surface area contributed by atoms with Crippen molar-refractivity contribution in [1.29, 1.82) is 0 Å². The van der Waals surface area contributed by atoms with Gasteiger partial charge in [-0.15, -0.1) is 0 Å². The Morgan fingerprint density at radius 1 is 1.12 bits per heavy atom. The second-order valence-electron chi connectivity index (χ2n) is 5.81. The van der Waals surface area contributed by atoms with E-state index in [2.05, 4.69) is 26.1 Å². The summed E-state index contributed by atoms with van der Waals surface area (Å²) in [5.41, 5.74) is -3.97. The van der Waals surface area contributed by atoms with Gasteiger partial charge in [-0.25, -0.2) is 0 Å². The molecule has 2 unspecified atom stereocenters. The third-order valence-corrected chi connectivity index (χ3v) is 3.99. The molecule has 0 aromatic rings. The fraction of sp³-hybridized carbons (Fsp3) is 1.00. The fourth-order valence-corrected chi connectivity index (χ4v) is 2.70. The van der Waals surface area contributed by atoms with Gasteiger partial charge in [0.25, 0.3) is 0 Å². The second-order valence-corrected chi connectivity index (χ2v) is 6.97. The first-order valence-corrected chi connectivity index (χ1v) is 7.12. The predicted molar refractivity (Wildman–Crippen MR) is 67.1 cm³/mol. The molecule has 0 bridgehead atoms. The van der Waals surface area contributed by atoms with E-state index in [1.54, 1.807) is 0 Å². The van der Waals surface area contributed by atoms with Crippen LogP contribution in [0.25, 0.3) is 0 Å². The van der Waals surface area contributed by atoms with Gasteiger partial charge < -0.3 is 5.32 Å². The summed E-state index contributed by atoms with van der Waals surface area (Å²) in [5.74, 6) is 1.27. The summed E-state index contributed by atoms with van der Waals surface area (Å²) in [5, 5.41) is 3.43. The van der Waals surface area contributed by atoms with Gasteiger partial charge in [-0.1, -0.05) is 11.8 Å². The third kappa shape index (κ3) is 6.55. The van der Waals surface area contributed by atoms with E-state index < -0.39 is 5.51 Å². The van der Waals surface area contributed by atoms with E-state index in [1.807, 2.05) is 0 Å². The van der Waals surface area contributed by atoms with Gasteiger partial charge in [-0.2, -0.15) is 13.2 Å². The van der Waals surface area contributed by atoms with E-state index in [0.29, 0.717) is 18.3 Å². The third-order valence-electron chi connectivity index (χ3n) is 3.22. The number of hydrogen-bond donors (Lipinski definition) is 1. The Labute approximate surface area is 106 Å². The lowest BCUT2D eigenvalue weighted by Gasteiger charge is -2.38. The van der Waals surface area contributed by atoms with Crippen molar-refractivity contribution in [2.45, 2.75) is 51.1 Å². The quantitative estimate of drug-likeness (QED) is 0.808. The molecule has 0 aliphatic heterocycles. The van der Waals surface area contributed by atoms with Crippen LogP contribution in [0, 0.1) is 11.8 Å². The van der Waals surface area contributed by atoms with Crippen molar-refractivity contribution in [3.05, 3.63) is 0 Å². The van der Waals surface area contributed by atoms with Crippen molar-refractivity contribution in [1.82, 2.24) is 5.32 Å². The lowest BCUT2D eigenvalue weighted by Crippen LogP contribution is -2.43. The summed E-state index contributed by atoms with van der Waals surface area (Å²) in [6, 6.07) is 0. The highest BCUT2D eigenvalue weighted by molar-refractivity contribution is 8.00. The van der Waals surface area contributed by atoms with Crippen LogP contribution in [0.4, 0.5) is 13.2 Å². The minimum atomic E-state index is -4.07. The lowest BCUT2D eigenvalue weighted by molar-refractivity contribution is -0.0329. The zero-order chi connectivity index (χ0) is 13.1. The van der Waals surface area contributed by atoms with Crippen LogP contribution < -0.4 is 5.32 Å². The maximum absolute atomic E-state index is 12.0. The summed E-state index contributed by atoms with van der Waals surface area (Å²) in [4.78, 5) is 0. The average molecular weight is 269 g/mol. The number of hydrogen-bond acceptors (Lipinski definition) is 2. The lowest BCUT2D eigenvalue weighted by atomic mass is 9.72. The molecule has 5 heteroatoms. The van der Waals surface area contributed by atoms with Crippen LogP contribution in [0.3, 0.4) is 0 Å². The van der Waals surface area contributed by atoms with E-state index >= 15 is 0 Å². The minimum Gasteiger partial charge on any atom is -0.312 e. The van der Waals surface area contributed by atoms with Crippen LogP contribution in [0.5, 0.6) is 0 Å². The molecule has 0 saturated heterocycles. The molecule has 0 aromatic heterocycles. The molecule has 2 atom stereocenters. The highest BCUT2D eigenvalue weighted by Gasteiger charge is 2.33. The Morgan fingerprint density at radius 2 is 1.71 bits per heavy atom. The molecule has 0 aromatic carbocycles. The molecule has 1 aliphatic carbocycles. The number of halogens is 3. The molecule has 0 spiro atoms. The highest BCUT2D eigenvalue weighted by Crippen LogP contribution is 2.39. The number of thioether (sulfide) groups is 1. The van der Waals surface area contributed by atoms with Gasteiger partial charge in [0.1, 0.15) is 0 Å². The molecule has 0 radical (unpaired) electrons. The van der Waals surface area contributed by atoms with Crippen molar-refractivity contribution in [3.63, 3.8) is 0 Å². The van der Waals surface area contributed by atoms with E-state index in [9.17, 15) is 13.2 Å². The van der Waals surface area contributed by atoms with Gasteiger partial charge in [0.15, 0.2) is 0 Å². The Hall–Kier alpha value is 0.100. The van der Waals surface area contributed by atoms with Gasteiger partial charge in [0.05, 0.1) is 0 Å². The first-order chi connectivity index (χ1) is 7.67. The Kier molecular flexibility index (Phi) is 5.20. The fourth-order valence-electron chi connectivity index (χ4n) is 2.05. The molecule has 0 amide bonds. The highest BCUT2D eigenvalue weighted by atomic mass is 32.2. The van der Waals surface area contributed by atoms with Crippen LogP contribution in [-0.4, -0.2) is 23.3 Å². The van der Waals surface area contributed by atoms with Gasteiger partial charge >= 0.3 is 5.51 Å². The summed E-state index contributed by atoms with van der Waals surface area (Å²) in [6.07, 6.45) is 2.94. The van der Waals surface area contributed by atoms with Crippen LogP contribution >= 0.6 is 11.8 Å². The van der Waals surface area contributed by atoms with Gasteiger partial charge in [0, 0.05) is 11.3 Å². The predicted octanol–water partition coefficient (Wildman–Crippen LogP) is 4.04. The van der Waals surface area contributed by atoms with Crippen LogP contribution in [0.2, 0.25) is 0 Å². The van der Waals surface area contributed by atoms with Gasteiger partial charge in [0.2, 0.25) is 0 Å². The maximum atomic E-state index is 12.0. The van der Waals surface area contributed by atoms with Gasteiger partial charge in [-0.3, -0.25) is 0 Å². The summed E-state index contributed by atoms with van der Waals surface area (Å²) >= 11 is 0.116. The monoisotopic (exact) mass is 269 g/mol. The summed E-state index contributed by atoms with van der Waals surface area (Å²) in [6.45, 7) is 7.27. The standard InChI is InChI=1S/C12H22F3NS/c1-11(2,3)16-8-10-5-4-9(10)6-7-17-12(13,14)15/h9-10,16H,4-8H2,1-3H3.